The molecule has 11 heteroatoms. The van der Waals surface area contributed by atoms with Crippen LogP contribution >= 0.6 is 11.6 Å². The Kier molecular flexibility index (Phi) is 7.52. The minimum atomic E-state index is -3.79. The van der Waals surface area contributed by atoms with E-state index in [0.29, 0.717) is 10.7 Å². The van der Waals surface area contributed by atoms with Crippen molar-refractivity contribution in [2.24, 2.45) is 0 Å². The van der Waals surface area contributed by atoms with Gasteiger partial charge in [0.1, 0.15) is 0 Å². The highest BCUT2D eigenvalue weighted by Gasteiger charge is 2.16. The molecule has 0 aromatic heterocycles. The van der Waals surface area contributed by atoms with E-state index in [9.17, 15) is 21.6 Å². The molecule has 0 unspecified atom stereocenters. The summed E-state index contributed by atoms with van der Waals surface area (Å²) in [4.78, 5) is 12.3. The molecule has 0 spiro atoms. The van der Waals surface area contributed by atoms with Crippen LogP contribution in [-0.2, 0) is 20.0 Å². The number of nitrogens with one attached hydrogen (secondary N) is 3. The molecule has 1 amide bonds. The van der Waals surface area contributed by atoms with E-state index in [0.717, 1.165) is 0 Å². The molecule has 3 N–H and O–H groups in total. The van der Waals surface area contributed by atoms with Crippen LogP contribution in [0.15, 0.2) is 88.7 Å². The van der Waals surface area contributed by atoms with E-state index < -0.39 is 26.0 Å². The maximum atomic E-state index is 12.4. The first kappa shape index (κ1) is 23.7. The van der Waals surface area contributed by atoms with Crippen molar-refractivity contribution in [2.45, 2.75) is 9.79 Å². The molecule has 3 aromatic rings. The number of para-hydroxylation sites is 1. The Hall–Kier alpha value is -2.92. The summed E-state index contributed by atoms with van der Waals surface area (Å²) in [5.74, 6) is -0.466. The van der Waals surface area contributed by atoms with Crippen LogP contribution in [0.1, 0.15) is 10.4 Å². The van der Waals surface area contributed by atoms with Crippen molar-refractivity contribution in [1.29, 1.82) is 0 Å². The number of benzene rings is 3. The third kappa shape index (κ3) is 6.30. The summed E-state index contributed by atoms with van der Waals surface area (Å²) in [5.41, 5.74) is 0.663. The van der Waals surface area contributed by atoms with Gasteiger partial charge in [0.25, 0.3) is 15.9 Å². The summed E-state index contributed by atoms with van der Waals surface area (Å²) in [6.07, 6.45) is 0. The molecule has 0 bridgehead atoms. The second-order valence-corrected chi connectivity index (χ2v) is 10.5. The van der Waals surface area contributed by atoms with E-state index in [2.05, 4.69) is 14.8 Å². The smallest absolute Gasteiger partial charge is 0.261 e. The summed E-state index contributed by atoms with van der Waals surface area (Å²) >= 11 is 5.81. The molecule has 0 atom stereocenters. The van der Waals surface area contributed by atoms with Crippen molar-refractivity contribution in [3.8, 4) is 0 Å². The number of hydrogen-bond acceptors (Lipinski definition) is 5. The van der Waals surface area contributed by atoms with Crippen LogP contribution in [-0.4, -0.2) is 35.8 Å². The van der Waals surface area contributed by atoms with Crippen molar-refractivity contribution in [2.75, 3.05) is 17.8 Å². The third-order valence-electron chi connectivity index (χ3n) is 4.26. The van der Waals surface area contributed by atoms with Crippen LogP contribution in [0.3, 0.4) is 0 Å². The molecule has 0 heterocycles. The highest BCUT2D eigenvalue weighted by molar-refractivity contribution is 7.92. The first-order valence-electron chi connectivity index (χ1n) is 9.39. The van der Waals surface area contributed by atoms with E-state index in [4.69, 9.17) is 11.6 Å². The number of carbonyl (C=O) groups excluding carboxylic acids is 1. The lowest BCUT2D eigenvalue weighted by molar-refractivity contribution is 0.0954. The van der Waals surface area contributed by atoms with E-state index in [1.54, 1.807) is 36.4 Å². The van der Waals surface area contributed by atoms with Gasteiger partial charge in [-0.25, -0.2) is 21.6 Å². The molecule has 0 saturated carbocycles. The number of hydrogen-bond donors (Lipinski definition) is 3. The van der Waals surface area contributed by atoms with Gasteiger partial charge in [0.15, 0.2) is 0 Å². The molecule has 0 radical (unpaired) electrons. The number of carbonyl (C=O) groups is 1. The fourth-order valence-electron chi connectivity index (χ4n) is 2.69. The lowest BCUT2D eigenvalue weighted by atomic mass is 10.2. The molecule has 0 saturated heterocycles. The zero-order chi connectivity index (χ0) is 23.2. The zero-order valence-electron chi connectivity index (χ0n) is 16.7. The number of sulfonamides is 2. The van der Waals surface area contributed by atoms with Gasteiger partial charge in [-0.15, -0.1) is 0 Å². The molecule has 8 nitrogen and oxygen atoms in total. The van der Waals surface area contributed by atoms with Gasteiger partial charge < -0.3 is 5.32 Å². The first-order valence-corrected chi connectivity index (χ1v) is 12.7. The van der Waals surface area contributed by atoms with E-state index in [1.165, 1.54) is 42.5 Å². The number of anilines is 1. The van der Waals surface area contributed by atoms with Gasteiger partial charge in [0.05, 0.1) is 9.79 Å². The van der Waals surface area contributed by atoms with Crippen molar-refractivity contribution >= 4 is 43.2 Å². The molecular weight excluding hydrogens is 474 g/mol. The second kappa shape index (κ2) is 10.1. The Labute approximate surface area is 191 Å². The van der Waals surface area contributed by atoms with Crippen molar-refractivity contribution in [3.63, 3.8) is 0 Å². The Bertz CT molecular complexity index is 1300. The largest absolute Gasteiger partial charge is 0.351 e. The molecule has 3 rings (SSSR count). The number of halogens is 1. The van der Waals surface area contributed by atoms with Gasteiger partial charge in [0.2, 0.25) is 10.0 Å². The summed E-state index contributed by atoms with van der Waals surface area (Å²) in [7, 11) is -7.54. The van der Waals surface area contributed by atoms with Crippen LogP contribution < -0.4 is 14.8 Å². The zero-order valence-corrected chi connectivity index (χ0v) is 19.0. The molecule has 0 aliphatic heterocycles. The minimum Gasteiger partial charge on any atom is -0.351 e. The van der Waals surface area contributed by atoms with Crippen molar-refractivity contribution in [1.82, 2.24) is 10.0 Å². The Morgan fingerprint density at radius 1 is 0.750 bits per heavy atom. The average molecular weight is 494 g/mol. The van der Waals surface area contributed by atoms with E-state index in [-0.39, 0.29) is 28.4 Å². The molecule has 0 aliphatic carbocycles. The lowest BCUT2D eigenvalue weighted by Crippen LogP contribution is -2.34. The number of rotatable bonds is 9. The van der Waals surface area contributed by atoms with Crippen molar-refractivity contribution in [3.05, 3.63) is 89.4 Å². The molecule has 3 aromatic carbocycles. The fourth-order valence-corrected chi connectivity index (χ4v) is 5.08. The summed E-state index contributed by atoms with van der Waals surface area (Å²) in [6.45, 7) is 0.00227. The number of amides is 1. The fraction of sp³-hybridized carbons (Fsp3) is 0.0952. The predicted octanol–water partition coefficient (Wildman–Crippen LogP) is 2.85. The summed E-state index contributed by atoms with van der Waals surface area (Å²) in [6, 6.07) is 19.7. The van der Waals surface area contributed by atoms with Crippen molar-refractivity contribution < 1.29 is 21.6 Å². The molecule has 32 heavy (non-hydrogen) atoms. The van der Waals surface area contributed by atoms with Gasteiger partial charge in [-0.1, -0.05) is 35.9 Å². The SMILES string of the molecule is O=C(NCCNS(=O)(=O)c1cccc(Cl)c1)c1ccc(S(=O)(=O)Nc2ccccc2)cc1. The predicted molar refractivity (Wildman–Crippen MR) is 123 cm³/mol. The minimum absolute atomic E-state index is 0.00665. The molecule has 0 fully saturated rings. The van der Waals surface area contributed by atoms with Gasteiger partial charge >= 0.3 is 0 Å². The Morgan fingerprint density at radius 2 is 1.44 bits per heavy atom. The standard InChI is InChI=1S/C21H20ClN3O5S2/c22-17-5-4-8-20(15-17)31(27,28)24-14-13-23-21(26)16-9-11-19(12-10-16)32(29,30)25-18-6-2-1-3-7-18/h1-12,15,24-25H,13-14H2,(H,23,26). The quantitative estimate of drug-likeness (QED) is 0.396. The van der Waals surface area contributed by atoms with E-state index in [1.807, 2.05) is 0 Å². The third-order valence-corrected chi connectivity index (χ3v) is 7.35. The first-order chi connectivity index (χ1) is 15.2. The topological polar surface area (TPSA) is 121 Å². The molecular formula is C21H20ClN3O5S2. The van der Waals surface area contributed by atoms with Gasteiger partial charge in [-0.05, 0) is 54.6 Å². The summed E-state index contributed by atoms with van der Waals surface area (Å²) in [5, 5.41) is 2.87. The monoisotopic (exact) mass is 493 g/mol. The van der Waals surface area contributed by atoms with Crippen LogP contribution in [0.25, 0.3) is 0 Å². The van der Waals surface area contributed by atoms with Gasteiger partial charge in [-0.2, -0.15) is 0 Å². The molecule has 0 aliphatic rings. The summed E-state index contributed by atoms with van der Waals surface area (Å²) < 4.78 is 54.1. The highest BCUT2D eigenvalue weighted by Crippen LogP contribution is 2.17. The van der Waals surface area contributed by atoms with Gasteiger partial charge in [0, 0.05) is 29.4 Å². The lowest BCUT2D eigenvalue weighted by Gasteiger charge is -2.10. The van der Waals surface area contributed by atoms with Crippen LogP contribution in [0.2, 0.25) is 5.02 Å². The van der Waals surface area contributed by atoms with Gasteiger partial charge in [-0.3, -0.25) is 9.52 Å². The average Bonchev–Trinajstić information content (AvgIpc) is 2.77. The Morgan fingerprint density at radius 3 is 2.09 bits per heavy atom. The maximum absolute atomic E-state index is 12.4. The highest BCUT2D eigenvalue weighted by atomic mass is 35.5. The Balaban J connectivity index is 1.54. The second-order valence-electron chi connectivity index (χ2n) is 6.61. The molecule has 168 valence electrons. The van der Waals surface area contributed by atoms with Crippen LogP contribution in [0, 0.1) is 0 Å². The van der Waals surface area contributed by atoms with Crippen LogP contribution in [0.5, 0.6) is 0 Å². The van der Waals surface area contributed by atoms with Crippen LogP contribution in [0.4, 0.5) is 5.69 Å². The maximum Gasteiger partial charge on any atom is 0.261 e. The normalized spacial score (nSPS) is 11.7. The van der Waals surface area contributed by atoms with E-state index >= 15 is 0 Å².